The van der Waals surface area contributed by atoms with E-state index in [1.165, 1.54) is 6.07 Å². The summed E-state index contributed by atoms with van der Waals surface area (Å²) in [7, 11) is 1.54. The summed E-state index contributed by atoms with van der Waals surface area (Å²) >= 11 is 9.41. The van der Waals surface area contributed by atoms with Crippen LogP contribution in [0.5, 0.6) is 11.5 Å². The highest BCUT2D eigenvalue weighted by atomic mass is 79.9. The molecule has 0 aromatic heterocycles. The lowest BCUT2D eigenvalue weighted by atomic mass is 10.1. The molecule has 0 atom stereocenters. The molecule has 0 aliphatic rings. The minimum absolute atomic E-state index is 0.182. The molecular formula is C22H19BrClNO4. The maximum Gasteiger partial charge on any atom is 0.335 e. The highest BCUT2D eigenvalue weighted by Gasteiger charge is 2.11. The second-order valence-electron chi connectivity index (χ2n) is 6.24. The van der Waals surface area contributed by atoms with Gasteiger partial charge in [0.2, 0.25) is 0 Å². The second-order valence-corrected chi connectivity index (χ2v) is 7.59. The zero-order chi connectivity index (χ0) is 20.8. The molecule has 29 heavy (non-hydrogen) atoms. The van der Waals surface area contributed by atoms with E-state index >= 15 is 0 Å². The number of carboxylic acid groups (broad SMARTS) is 1. The fourth-order valence-corrected chi connectivity index (χ4v) is 3.27. The first-order chi connectivity index (χ1) is 14.0. The van der Waals surface area contributed by atoms with Crippen LogP contribution >= 0.6 is 27.5 Å². The average molecular weight is 477 g/mol. The summed E-state index contributed by atoms with van der Waals surface area (Å²) < 4.78 is 12.2. The number of anilines is 1. The van der Waals surface area contributed by atoms with Gasteiger partial charge in [0.1, 0.15) is 18.1 Å². The van der Waals surface area contributed by atoms with Crippen LogP contribution in [0.2, 0.25) is 5.02 Å². The molecule has 0 spiro atoms. The number of rotatable bonds is 8. The molecule has 0 aliphatic heterocycles. The molecule has 3 aromatic carbocycles. The zero-order valence-electron chi connectivity index (χ0n) is 15.6. The molecule has 2 N–H and O–H groups in total. The van der Waals surface area contributed by atoms with E-state index in [0.29, 0.717) is 29.6 Å². The molecule has 0 aliphatic carbocycles. The number of nitrogens with one attached hydrogen (secondary N) is 1. The summed E-state index contributed by atoms with van der Waals surface area (Å²) in [5, 5.41) is 13.2. The zero-order valence-corrected chi connectivity index (χ0v) is 18.0. The van der Waals surface area contributed by atoms with Crippen LogP contribution in [0.25, 0.3) is 0 Å². The van der Waals surface area contributed by atoms with Crippen LogP contribution in [-0.2, 0) is 13.2 Å². The number of benzene rings is 3. The largest absolute Gasteiger partial charge is 0.495 e. The van der Waals surface area contributed by atoms with Crippen molar-refractivity contribution in [2.45, 2.75) is 13.2 Å². The van der Waals surface area contributed by atoms with E-state index in [-0.39, 0.29) is 5.56 Å². The van der Waals surface area contributed by atoms with Crippen molar-refractivity contribution in [1.82, 2.24) is 0 Å². The Kier molecular flexibility index (Phi) is 7.01. The van der Waals surface area contributed by atoms with Gasteiger partial charge in [0.25, 0.3) is 0 Å². The van der Waals surface area contributed by atoms with E-state index < -0.39 is 5.97 Å². The number of carboxylic acids is 1. The summed E-state index contributed by atoms with van der Waals surface area (Å²) in [5.74, 6) is 0.294. The Labute approximate surface area is 182 Å². The summed E-state index contributed by atoms with van der Waals surface area (Å²) in [6, 6.07) is 17.9. The smallest absolute Gasteiger partial charge is 0.335 e. The van der Waals surface area contributed by atoms with E-state index in [9.17, 15) is 9.90 Å². The SMILES string of the molecule is COc1ccc(C(=O)O)cc1NCc1cc(Br)ccc1OCc1ccc(Cl)cc1. The van der Waals surface area contributed by atoms with Gasteiger partial charge < -0.3 is 19.9 Å². The van der Waals surface area contributed by atoms with Crippen LogP contribution in [0.3, 0.4) is 0 Å². The minimum Gasteiger partial charge on any atom is -0.495 e. The third kappa shape index (κ3) is 5.65. The van der Waals surface area contributed by atoms with Crippen LogP contribution in [0.4, 0.5) is 5.69 Å². The summed E-state index contributed by atoms with van der Waals surface area (Å²) in [5.41, 5.74) is 2.70. The van der Waals surface area contributed by atoms with Crippen molar-refractivity contribution in [3.8, 4) is 11.5 Å². The first-order valence-corrected chi connectivity index (χ1v) is 9.94. The Hall–Kier alpha value is -2.70. The van der Waals surface area contributed by atoms with Crippen LogP contribution in [-0.4, -0.2) is 18.2 Å². The van der Waals surface area contributed by atoms with Crippen molar-refractivity contribution >= 4 is 39.2 Å². The van der Waals surface area contributed by atoms with E-state index in [0.717, 1.165) is 21.3 Å². The molecule has 0 heterocycles. The van der Waals surface area contributed by atoms with Crippen LogP contribution in [0.1, 0.15) is 21.5 Å². The molecule has 0 fully saturated rings. The third-order valence-corrected chi connectivity index (χ3v) is 4.99. The number of ether oxygens (including phenoxy) is 2. The lowest BCUT2D eigenvalue weighted by Crippen LogP contribution is -2.06. The third-order valence-electron chi connectivity index (χ3n) is 4.25. The van der Waals surface area contributed by atoms with Gasteiger partial charge in [-0.1, -0.05) is 39.7 Å². The summed E-state index contributed by atoms with van der Waals surface area (Å²) in [6.45, 7) is 0.832. The van der Waals surface area contributed by atoms with Crippen LogP contribution < -0.4 is 14.8 Å². The highest BCUT2D eigenvalue weighted by Crippen LogP contribution is 2.29. The molecule has 5 nitrogen and oxygen atoms in total. The molecule has 0 amide bonds. The molecule has 150 valence electrons. The number of hydrogen-bond acceptors (Lipinski definition) is 4. The quantitative estimate of drug-likeness (QED) is 0.417. The average Bonchev–Trinajstić information content (AvgIpc) is 2.72. The molecule has 3 aromatic rings. The minimum atomic E-state index is -0.995. The number of hydrogen-bond donors (Lipinski definition) is 2. The molecule has 0 saturated heterocycles. The number of halogens is 2. The first-order valence-electron chi connectivity index (χ1n) is 8.77. The van der Waals surface area contributed by atoms with Crippen molar-refractivity contribution in [3.05, 3.63) is 86.8 Å². The molecule has 0 radical (unpaired) electrons. The van der Waals surface area contributed by atoms with Crippen molar-refractivity contribution in [3.63, 3.8) is 0 Å². The Morgan fingerprint density at radius 3 is 2.48 bits per heavy atom. The van der Waals surface area contributed by atoms with Gasteiger partial charge in [-0.3, -0.25) is 0 Å². The van der Waals surface area contributed by atoms with Gasteiger partial charge in [-0.25, -0.2) is 4.79 Å². The standard InChI is InChI=1S/C22H19BrClNO4/c1-28-21-8-4-15(22(26)27)11-19(21)25-12-16-10-17(23)5-9-20(16)29-13-14-2-6-18(24)7-3-14/h2-11,25H,12-13H2,1H3,(H,26,27). The van der Waals surface area contributed by atoms with Crippen molar-refractivity contribution < 1.29 is 19.4 Å². The first kappa shape index (κ1) is 21.0. The normalized spacial score (nSPS) is 10.4. The molecule has 3 rings (SSSR count). The van der Waals surface area contributed by atoms with Gasteiger partial charge >= 0.3 is 5.97 Å². The lowest BCUT2D eigenvalue weighted by Gasteiger charge is -2.15. The van der Waals surface area contributed by atoms with Gasteiger partial charge in [0, 0.05) is 21.6 Å². The Morgan fingerprint density at radius 2 is 1.79 bits per heavy atom. The second kappa shape index (κ2) is 9.67. The van der Waals surface area contributed by atoms with Gasteiger partial charge in [-0.15, -0.1) is 0 Å². The predicted octanol–water partition coefficient (Wildman–Crippen LogP) is 6.00. The van der Waals surface area contributed by atoms with Crippen molar-refractivity contribution in [1.29, 1.82) is 0 Å². The van der Waals surface area contributed by atoms with Crippen molar-refractivity contribution in [2.75, 3.05) is 12.4 Å². The van der Waals surface area contributed by atoms with Gasteiger partial charge in [-0.05, 0) is 54.1 Å². The molecule has 0 bridgehead atoms. The lowest BCUT2D eigenvalue weighted by molar-refractivity contribution is 0.0697. The van der Waals surface area contributed by atoms with Crippen molar-refractivity contribution in [2.24, 2.45) is 0 Å². The Morgan fingerprint density at radius 1 is 1.07 bits per heavy atom. The molecular weight excluding hydrogens is 458 g/mol. The number of aromatic carboxylic acids is 1. The van der Waals surface area contributed by atoms with E-state index in [2.05, 4.69) is 21.2 Å². The molecule has 0 unspecified atom stereocenters. The fraction of sp³-hybridized carbons (Fsp3) is 0.136. The molecule has 0 saturated carbocycles. The topological polar surface area (TPSA) is 67.8 Å². The van der Waals surface area contributed by atoms with E-state index in [1.54, 1.807) is 19.2 Å². The number of carbonyl (C=O) groups is 1. The number of methoxy groups -OCH3 is 1. The van der Waals surface area contributed by atoms with Gasteiger partial charge in [0.05, 0.1) is 18.4 Å². The van der Waals surface area contributed by atoms with Crippen LogP contribution in [0, 0.1) is 0 Å². The van der Waals surface area contributed by atoms with E-state index in [1.807, 2.05) is 42.5 Å². The summed E-state index contributed by atoms with van der Waals surface area (Å²) in [4.78, 5) is 11.3. The maximum absolute atomic E-state index is 11.3. The van der Waals surface area contributed by atoms with Gasteiger partial charge in [-0.2, -0.15) is 0 Å². The monoisotopic (exact) mass is 475 g/mol. The maximum atomic E-state index is 11.3. The predicted molar refractivity (Wildman–Crippen MR) is 117 cm³/mol. The van der Waals surface area contributed by atoms with Gasteiger partial charge in [0.15, 0.2) is 0 Å². The fourth-order valence-electron chi connectivity index (χ4n) is 2.74. The van der Waals surface area contributed by atoms with Crippen LogP contribution in [0.15, 0.2) is 65.1 Å². The summed E-state index contributed by atoms with van der Waals surface area (Å²) in [6.07, 6.45) is 0. The Bertz CT molecular complexity index is 1010. The molecule has 7 heteroatoms. The van der Waals surface area contributed by atoms with E-state index in [4.69, 9.17) is 21.1 Å². The Balaban J connectivity index is 1.77. The highest BCUT2D eigenvalue weighted by molar-refractivity contribution is 9.10.